The number of likely N-dealkylation sites (tertiary alicyclic amines) is 1. The predicted molar refractivity (Wildman–Crippen MR) is 59.8 cm³/mol. The third kappa shape index (κ3) is 3.44. The van der Waals surface area contributed by atoms with Gasteiger partial charge in [0.05, 0.1) is 6.04 Å². The van der Waals surface area contributed by atoms with Gasteiger partial charge < -0.3 is 5.73 Å². The molecular formula is C10H22N4O. The molecule has 0 aliphatic carbocycles. The Bertz CT molecular complexity index is 210. The molecule has 1 heterocycles. The first-order valence-corrected chi connectivity index (χ1v) is 5.69. The number of nitrogens with zero attached hydrogens (tertiary/aromatic N) is 1. The molecule has 5 heteroatoms. The van der Waals surface area contributed by atoms with Gasteiger partial charge in [0.15, 0.2) is 0 Å². The van der Waals surface area contributed by atoms with E-state index in [9.17, 15) is 4.79 Å². The summed E-state index contributed by atoms with van der Waals surface area (Å²) in [6.45, 7) is 3.82. The highest BCUT2D eigenvalue weighted by molar-refractivity contribution is 5.81. The van der Waals surface area contributed by atoms with Gasteiger partial charge in [-0.05, 0) is 25.8 Å². The van der Waals surface area contributed by atoms with Gasteiger partial charge in [-0.15, -0.1) is 0 Å². The Kier molecular flexibility index (Phi) is 5.01. The zero-order valence-corrected chi connectivity index (χ0v) is 9.41. The number of piperidine rings is 1. The van der Waals surface area contributed by atoms with Gasteiger partial charge in [-0.3, -0.25) is 15.1 Å². The Balaban J connectivity index is 2.57. The molecule has 0 radical (unpaired) electrons. The lowest BCUT2D eigenvalue weighted by Crippen LogP contribution is -2.54. The van der Waals surface area contributed by atoms with E-state index in [1.54, 1.807) is 0 Å². The summed E-state index contributed by atoms with van der Waals surface area (Å²) in [6.07, 6.45) is 3.94. The molecule has 5 N–H and O–H groups in total. The number of nitrogens with two attached hydrogens (primary N) is 2. The van der Waals surface area contributed by atoms with E-state index in [1.165, 1.54) is 0 Å². The molecule has 2 unspecified atom stereocenters. The molecule has 2 atom stereocenters. The number of hydrogen-bond donors (Lipinski definition) is 3. The lowest BCUT2D eigenvalue weighted by molar-refractivity contribution is -0.127. The summed E-state index contributed by atoms with van der Waals surface area (Å²) in [5.74, 6) is 5.10. The van der Waals surface area contributed by atoms with Crippen molar-refractivity contribution in [3.8, 4) is 0 Å². The molecule has 0 spiro atoms. The third-order valence-electron chi connectivity index (χ3n) is 2.94. The molecule has 0 saturated carbocycles. The zero-order valence-electron chi connectivity index (χ0n) is 9.41. The minimum atomic E-state index is -0.105. The molecule has 0 aromatic carbocycles. The van der Waals surface area contributed by atoms with E-state index in [-0.39, 0.29) is 18.0 Å². The van der Waals surface area contributed by atoms with Gasteiger partial charge in [0, 0.05) is 12.6 Å². The van der Waals surface area contributed by atoms with Crippen LogP contribution in [0.3, 0.4) is 0 Å². The number of nitrogens with one attached hydrogen (secondary N) is 1. The van der Waals surface area contributed by atoms with Crippen molar-refractivity contribution in [1.29, 1.82) is 0 Å². The highest BCUT2D eigenvalue weighted by Gasteiger charge is 2.28. The molecule has 1 fully saturated rings. The monoisotopic (exact) mass is 214 g/mol. The van der Waals surface area contributed by atoms with Crippen LogP contribution in [-0.2, 0) is 4.79 Å². The Morgan fingerprint density at radius 1 is 1.67 bits per heavy atom. The number of carbonyl (C=O) groups is 1. The van der Waals surface area contributed by atoms with Gasteiger partial charge in [0.1, 0.15) is 0 Å². The van der Waals surface area contributed by atoms with E-state index in [0.29, 0.717) is 0 Å². The molecule has 0 bridgehead atoms. The van der Waals surface area contributed by atoms with Crippen LogP contribution >= 0.6 is 0 Å². The van der Waals surface area contributed by atoms with Crippen molar-refractivity contribution < 1.29 is 4.79 Å². The van der Waals surface area contributed by atoms with Gasteiger partial charge in [-0.25, -0.2) is 5.84 Å². The second kappa shape index (κ2) is 6.05. The fourth-order valence-corrected chi connectivity index (χ4v) is 2.17. The summed E-state index contributed by atoms with van der Waals surface area (Å²) in [5, 5.41) is 0. The largest absolute Gasteiger partial charge is 0.327 e. The second-order valence-corrected chi connectivity index (χ2v) is 4.21. The average Bonchev–Trinajstić information content (AvgIpc) is 2.25. The predicted octanol–water partition coefficient (Wildman–Crippen LogP) is -0.432. The molecule has 88 valence electrons. The highest BCUT2D eigenvalue weighted by Crippen LogP contribution is 2.15. The lowest BCUT2D eigenvalue weighted by Gasteiger charge is -2.35. The van der Waals surface area contributed by atoms with Crippen LogP contribution in [0.4, 0.5) is 0 Å². The lowest BCUT2D eigenvalue weighted by atomic mass is 10.0. The van der Waals surface area contributed by atoms with Gasteiger partial charge in [0.2, 0.25) is 0 Å². The van der Waals surface area contributed by atoms with Crippen LogP contribution in [0.25, 0.3) is 0 Å². The van der Waals surface area contributed by atoms with E-state index in [4.69, 9.17) is 11.6 Å². The number of carbonyl (C=O) groups excluding carboxylic acids is 1. The maximum atomic E-state index is 11.6. The van der Waals surface area contributed by atoms with Gasteiger partial charge >= 0.3 is 0 Å². The molecular weight excluding hydrogens is 192 g/mol. The van der Waals surface area contributed by atoms with Crippen LogP contribution in [0.5, 0.6) is 0 Å². The Labute approximate surface area is 91.1 Å². The van der Waals surface area contributed by atoms with E-state index >= 15 is 0 Å². The van der Waals surface area contributed by atoms with Crippen LogP contribution in [-0.4, -0.2) is 36.0 Å². The summed E-state index contributed by atoms with van der Waals surface area (Å²) in [5.41, 5.74) is 8.14. The maximum Gasteiger partial charge on any atom is 0.251 e. The zero-order chi connectivity index (χ0) is 11.3. The summed E-state index contributed by atoms with van der Waals surface area (Å²) in [6, 6.07) is 0.0926. The first-order valence-electron chi connectivity index (χ1n) is 5.69. The van der Waals surface area contributed by atoms with Crippen molar-refractivity contribution >= 4 is 5.91 Å². The number of hydrazine groups is 1. The van der Waals surface area contributed by atoms with Crippen molar-refractivity contribution in [3.63, 3.8) is 0 Å². The minimum Gasteiger partial charge on any atom is -0.327 e. The first-order chi connectivity index (χ1) is 7.19. The molecule has 1 rings (SSSR count). The number of amides is 1. The topological polar surface area (TPSA) is 84.4 Å². The fourth-order valence-electron chi connectivity index (χ4n) is 2.17. The van der Waals surface area contributed by atoms with E-state index in [1.807, 2.05) is 0 Å². The third-order valence-corrected chi connectivity index (χ3v) is 2.94. The standard InChI is InChI=1S/C10H22N4O/c1-2-4-9(10(15)13-12)14-6-3-5-8(11)7-14/h8-9H,2-7,11-12H2,1H3,(H,13,15). The highest BCUT2D eigenvalue weighted by atomic mass is 16.2. The summed E-state index contributed by atoms with van der Waals surface area (Å²) in [4.78, 5) is 13.7. The summed E-state index contributed by atoms with van der Waals surface area (Å²) >= 11 is 0. The number of hydrogen-bond acceptors (Lipinski definition) is 4. The molecule has 1 amide bonds. The quantitative estimate of drug-likeness (QED) is 0.337. The molecule has 0 aromatic rings. The SMILES string of the molecule is CCCC(C(=O)NN)N1CCCC(N)C1. The van der Waals surface area contributed by atoms with Crippen LogP contribution in [0.1, 0.15) is 32.6 Å². The first kappa shape index (κ1) is 12.4. The molecule has 5 nitrogen and oxygen atoms in total. The number of rotatable bonds is 4. The van der Waals surface area contributed by atoms with Crippen molar-refractivity contribution in [2.45, 2.75) is 44.7 Å². The summed E-state index contributed by atoms with van der Waals surface area (Å²) in [7, 11) is 0. The van der Waals surface area contributed by atoms with Gasteiger partial charge in [-0.1, -0.05) is 13.3 Å². The van der Waals surface area contributed by atoms with Crippen molar-refractivity contribution in [1.82, 2.24) is 10.3 Å². The molecule has 1 saturated heterocycles. The normalized spacial score (nSPS) is 24.9. The van der Waals surface area contributed by atoms with Crippen LogP contribution < -0.4 is 17.0 Å². The molecule has 1 aliphatic rings. The van der Waals surface area contributed by atoms with Gasteiger partial charge in [-0.2, -0.15) is 0 Å². The van der Waals surface area contributed by atoms with Crippen LogP contribution in [0.15, 0.2) is 0 Å². The van der Waals surface area contributed by atoms with Crippen molar-refractivity contribution in [2.24, 2.45) is 11.6 Å². The summed E-state index contributed by atoms with van der Waals surface area (Å²) < 4.78 is 0. The maximum absolute atomic E-state index is 11.6. The molecule has 15 heavy (non-hydrogen) atoms. The molecule has 1 aliphatic heterocycles. The fraction of sp³-hybridized carbons (Fsp3) is 0.900. The van der Waals surface area contributed by atoms with E-state index in [0.717, 1.165) is 38.8 Å². The van der Waals surface area contributed by atoms with Crippen molar-refractivity contribution in [3.05, 3.63) is 0 Å². The second-order valence-electron chi connectivity index (χ2n) is 4.21. The van der Waals surface area contributed by atoms with E-state index < -0.39 is 0 Å². The van der Waals surface area contributed by atoms with Crippen LogP contribution in [0.2, 0.25) is 0 Å². The van der Waals surface area contributed by atoms with Crippen molar-refractivity contribution in [2.75, 3.05) is 13.1 Å². The van der Waals surface area contributed by atoms with Gasteiger partial charge in [0.25, 0.3) is 5.91 Å². The minimum absolute atomic E-state index is 0.0917. The Morgan fingerprint density at radius 3 is 2.93 bits per heavy atom. The molecule has 0 aromatic heterocycles. The average molecular weight is 214 g/mol. The van der Waals surface area contributed by atoms with Crippen LogP contribution in [0, 0.1) is 0 Å². The Hall–Kier alpha value is -0.650. The smallest absolute Gasteiger partial charge is 0.251 e. The van der Waals surface area contributed by atoms with E-state index in [2.05, 4.69) is 17.2 Å². The Morgan fingerprint density at radius 2 is 2.40 bits per heavy atom.